The average molecular weight is 504 g/mol. The van der Waals surface area contributed by atoms with Crippen LogP contribution >= 0.6 is 11.3 Å². The Morgan fingerprint density at radius 1 is 1.21 bits per heavy atom. The van der Waals surface area contributed by atoms with Gasteiger partial charge in [0.1, 0.15) is 11.8 Å². The Hall–Kier alpha value is -2.53. The molecular formula is C24H29N3O5S2. The molecule has 8 nitrogen and oxygen atoms in total. The van der Waals surface area contributed by atoms with Crippen molar-refractivity contribution in [2.75, 3.05) is 26.9 Å². The molecule has 0 saturated carbocycles. The largest absolute Gasteiger partial charge is 0.497 e. The van der Waals surface area contributed by atoms with E-state index in [0.717, 1.165) is 21.5 Å². The van der Waals surface area contributed by atoms with E-state index in [2.05, 4.69) is 4.99 Å². The summed E-state index contributed by atoms with van der Waals surface area (Å²) < 4.78 is 41.6. The summed E-state index contributed by atoms with van der Waals surface area (Å²) in [6.07, 6.45) is 1.07. The van der Waals surface area contributed by atoms with Gasteiger partial charge in [-0.25, -0.2) is 8.42 Å². The van der Waals surface area contributed by atoms with Crippen molar-refractivity contribution in [2.24, 2.45) is 4.99 Å². The quantitative estimate of drug-likeness (QED) is 0.440. The Kier molecular flexibility index (Phi) is 7.51. The molecule has 1 aliphatic rings. The van der Waals surface area contributed by atoms with Crippen LogP contribution in [0.5, 0.6) is 5.75 Å². The highest BCUT2D eigenvalue weighted by Crippen LogP contribution is 2.28. The lowest BCUT2D eigenvalue weighted by Gasteiger charge is -2.21. The summed E-state index contributed by atoms with van der Waals surface area (Å²) in [7, 11) is -2.18. The van der Waals surface area contributed by atoms with Gasteiger partial charge in [0.05, 0.1) is 28.8 Å². The van der Waals surface area contributed by atoms with E-state index in [1.165, 1.54) is 15.6 Å². The maximum atomic E-state index is 13.3. The van der Waals surface area contributed by atoms with Gasteiger partial charge in [-0.1, -0.05) is 29.0 Å². The number of carbonyl (C=O) groups is 1. The molecule has 1 aliphatic heterocycles. The summed E-state index contributed by atoms with van der Waals surface area (Å²) in [5.41, 5.74) is 1.90. The molecule has 2 aromatic carbocycles. The summed E-state index contributed by atoms with van der Waals surface area (Å²) in [6.45, 7) is 5.74. The third-order valence-corrected chi connectivity index (χ3v) is 8.84. The number of rotatable bonds is 8. The van der Waals surface area contributed by atoms with E-state index < -0.39 is 22.0 Å². The smallest absolute Gasteiger partial charge is 0.266 e. The molecule has 3 aromatic rings. The van der Waals surface area contributed by atoms with Gasteiger partial charge in [-0.3, -0.25) is 4.79 Å². The zero-order chi connectivity index (χ0) is 24.3. The number of hydrogen-bond donors (Lipinski definition) is 0. The summed E-state index contributed by atoms with van der Waals surface area (Å²) in [5.74, 6) is 0.270. The first-order valence-electron chi connectivity index (χ1n) is 11.3. The fourth-order valence-electron chi connectivity index (χ4n) is 4.07. The van der Waals surface area contributed by atoms with Crippen molar-refractivity contribution in [1.29, 1.82) is 0 Å². The van der Waals surface area contributed by atoms with Crippen molar-refractivity contribution in [3.05, 3.63) is 52.8 Å². The van der Waals surface area contributed by atoms with Crippen LogP contribution in [0.3, 0.4) is 0 Å². The molecule has 1 amide bonds. The van der Waals surface area contributed by atoms with Crippen LogP contribution in [0.2, 0.25) is 0 Å². The molecule has 4 rings (SSSR count). The van der Waals surface area contributed by atoms with Gasteiger partial charge in [0, 0.05) is 19.7 Å². The Balaban J connectivity index is 1.70. The number of amides is 1. The summed E-state index contributed by atoms with van der Waals surface area (Å²) >= 11 is 1.38. The van der Waals surface area contributed by atoms with E-state index in [-0.39, 0.29) is 4.90 Å². The maximum absolute atomic E-state index is 13.3. The van der Waals surface area contributed by atoms with E-state index >= 15 is 0 Å². The lowest BCUT2D eigenvalue weighted by atomic mass is 10.2. The maximum Gasteiger partial charge on any atom is 0.266 e. The molecule has 0 N–H and O–H groups in total. The van der Waals surface area contributed by atoms with Gasteiger partial charge >= 0.3 is 0 Å². The van der Waals surface area contributed by atoms with Gasteiger partial charge in [-0.2, -0.15) is 9.30 Å². The van der Waals surface area contributed by atoms with Crippen LogP contribution in [0.1, 0.15) is 25.3 Å². The molecule has 1 aromatic heterocycles. The van der Waals surface area contributed by atoms with Crippen LogP contribution in [0.15, 0.2) is 52.4 Å². The third-order valence-electron chi connectivity index (χ3n) is 5.88. The number of fused-ring (bicyclic) bond motifs is 1. The van der Waals surface area contributed by atoms with Crippen molar-refractivity contribution in [3.8, 4) is 5.75 Å². The van der Waals surface area contributed by atoms with Crippen molar-refractivity contribution in [1.82, 2.24) is 8.87 Å². The lowest BCUT2D eigenvalue weighted by Crippen LogP contribution is -2.40. The number of methoxy groups -OCH3 is 1. The normalized spacial score (nSPS) is 17.5. The summed E-state index contributed by atoms with van der Waals surface area (Å²) in [6, 6.07) is 11.6. The van der Waals surface area contributed by atoms with Gasteiger partial charge in [0.2, 0.25) is 10.0 Å². The number of ether oxygens (including phenoxy) is 2. The second-order valence-electron chi connectivity index (χ2n) is 8.10. The molecule has 1 fully saturated rings. The van der Waals surface area contributed by atoms with E-state index in [9.17, 15) is 13.2 Å². The first-order valence-corrected chi connectivity index (χ1v) is 13.5. The van der Waals surface area contributed by atoms with Gasteiger partial charge < -0.3 is 14.0 Å². The van der Waals surface area contributed by atoms with E-state index in [1.807, 2.05) is 36.6 Å². The van der Waals surface area contributed by atoms with Gasteiger partial charge in [-0.15, -0.1) is 0 Å². The predicted molar refractivity (Wildman–Crippen MR) is 132 cm³/mol. The molecule has 10 heteroatoms. The number of aromatic nitrogens is 1. The molecule has 0 bridgehead atoms. The molecule has 1 atom stereocenters. The van der Waals surface area contributed by atoms with Gasteiger partial charge in [0.15, 0.2) is 4.80 Å². The number of aryl methyl sites for hydroxylation is 1. The average Bonchev–Trinajstić information content (AvgIpc) is 3.45. The predicted octanol–water partition coefficient (Wildman–Crippen LogP) is 3.34. The fourth-order valence-corrected chi connectivity index (χ4v) is 6.81. The van der Waals surface area contributed by atoms with Crippen molar-refractivity contribution in [2.45, 2.75) is 44.2 Å². The minimum atomic E-state index is -3.79. The SMILES string of the molecule is CCOCCn1c(=NC(=O)C2CCCN2S(=O)(=O)c2ccc(C)cc2)sc2cc(OC)ccc21. The summed E-state index contributed by atoms with van der Waals surface area (Å²) in [4.78, 5) is 18.4. The molecule has 0 spiro atoms. The van der Waals surface area contributed by atoms with Crippen LogP contribution < -0.4 is 9.54 Å². The topological polar surface area (TPSA) is 90.2 Å². The molecule has 2 heterocycles. The Morgan fingerprint density at radius 3 is 2.68 bits per heavy atom. The zero-order valence-corrected chi connectivity index (χ0v) is 21.2. The van der Waals surface area contributed by atoms with Crippen molar-refractivity contribution < 1.29 is 22.7 Å². The number of sulfonamides is 1. The Labute approximate surface area is 203 Å². The van der Waals surface area contributed by atoms with E-state index in [4.69, 9.17) is 9.47 Å². The highest BCUT2D eigenvalue weighted by molar-refractivity contribution is 7.89. The van der Waals surface area contributed by atoms with Crippen LogP contribution in [0, 0.1) is 6.92 Å². The molecule has 34 heavy (non-hydrogen) atoms. The second-order valence-corrected chi connectivity index (χ2v) is 11.0. The van der Waals surface area contributed by atoms with E-state index in [1.54, 1.807) is 31.4 Å². The van der Waals surface area contributed by atoms with Crippen LogP contribution in [0.4, 0.5) is 0 Å². The van der Waals surface area contributed by atoms with Crippen LogP contribution in [-0.2, 0) is 26.1 Å². The molecule has 1 saturated heterocycles. The first-order chi connectivity index (χ1) is 16.3. The molecule has 0 aliphatic carbocycles. The number of nitrogens with zero attached hydrogens (tertiary/aromatic N) is 3. The van der Waals surface area contributed by atoms with Crippen LogP contribution in [0.25, 0.3) is 10.2 Å². The Bertz CT molecular complexity index is 1340. The molecular weight excluding hydrogens is 474 g/mol. The molecule has 182 valence electrons. The number of thiazole rings is 1. The standard InChI is InChI=1S/C24H29N3O5S2/c1-4-32-15-14-26-20-12-9-18(31-3)16-22(20)33-24(26)25-23(28)21-6-5-13-27(21)34(29,30)19-10-7-17(2)8-11-19/h7-12,16,21H,4-6,13-15H2,1-3H3. The van der Waals surface area contributed by atoms with Gasteiger partial charge in [-0.05, 0) is 57.0 Å². The lowest BCUT2D eigenvalue weighted by molar-refractivity contribution is -0.121. The third kappa shape index (κ3) is 4.95. The highest BCUT2D eigenvalue weighted by atomic mass is 32.2. The zero-order valence-electron chi connectivity index (χ0n) is 19.6. The molecule has 1 unspecified atom stereocenters. The van der Waals surface area contributed by atoms with Crippen LogP contribution in [-0.4, -0.2) is 56.1 Å². The fraction of sp³-hybridized carbons (Fsp3) is 0.417. The van der Waals surface area contributed by atoms with Gasteiger partial charge in [0.25, 0.3) is 5.91 Å². The first kappa shape index (κ1) is 24.6. The van der Waals surface area contributed by atoms with Crippen molar-refractivity contribution >= 4 is 37.5 Å². The van der Waals surface area contributed by atoms with E-state index in [0.29, 0.717) is 43.9 Å². The Morgan fingerprint density at radius 2 is 1.97 bits per heavy atom. The minimum Gasteiger partial charge on any atom is -0.497 e. The number of hydrogen-bond acceptors (Lipinski definition) is 6. The molecule has 0 radical (unpaired) electrons. The highest BCUT2D eigenvalue weighted by Gasteiger charge is 2.39. The van der Waals surface area contributed by atoms with Crippen molar-refractivity contribution in [3.63, 3.8) is 0 Å². The summed E-state index contributed by atoms with van der Waals surface area (Å²) in [5, 5.41) is 0. The monoisotopic (exact) mass is 503 g/mol. The second kappa shape index (κ2) is 10.4. The minimum absolute atomic E-state index is 0.193. The number of benzene rings is 2. The number of carbonyl (C=O) groups excluding carboxylic acids is 1.